The Kier molecular flexibility index (Phi) is 1.26. The molecule has 0 spiro atoms. The predicted molar refractivity (Wildman–Crippen MR) is 41.8 cm³/mol. The average Bonchev–Trinajstić information content (AvgIpc) is 2.34. The highest BCUT2D eigenvalue weighted by atomic mass is 14.2. The molecule has 0 fully saturated rings. The van der Waals surface area contributed by atoms with Crippen LogP contribution in [-0.4, -0.2) is 0 Å². The van der Waals surface area contributed by atoms with Gasteiger partial charge in [-0.25, -0.2) is 0 Å². The van der Waals surface area contributed by atoms with Gasteiger partial charge in [-0.05, 0) is 36.8 Å². The van der Waals surface area contributed by atoms with E-state index in [9.17, 15) is 0 Å². The predicted octanol–water partition coefficient (Wildman–Crippen LogP) is 2.43. The Bertz CT molecular complexity index is 238. The number of aryl methyl sites for hydroxylation is 1. The van der Waals surface area contributed by atoms with E-state index in [-0.39, 0.29) is 0 Å². The van der Waals surface area contributed by atoms with E-state index in [0.29, 0.717) is 5.92 Å². The van der Waals surface area contributed by atoms with Gasteiger partial charge in [-0.15, -0.1) is 0 Å². The molecule has 1 aromatic rings. The molecule has 0 bridgehead atoms. The van der Waals surface area contributed by atoms with Crippen LogP contribution in [0.4, 0.5) is 0 Å². The smallest absolute Gasteiger partial charge is 0.0122 e. The van der Waals surface area contributed by atoms with Gasteiger partial charge in [-0.1, -0.05) is 24.3 Å². The summed E-state index contributed by atoms with van der Waals surface area (Å²) in [6.07, 6.45) is 2.29. The Morgan fingerprint density at radius 2 is 2.10 bits per heavy atom. The van der Waals surface area contributed by atoms with Gasteiger partial charge in [-0.2, -0.15) is 0 Å². The van der Waals surface area contributed by atoms with E-state index in [4.69, 9.17) is 6.92 Å². The Balaban J connectivity index is 2.51. The molecule has 0 N–H and O–H groups in total. The van der Waals surface area contributed by atoms with Crippen LogP contribution in [0.3, 0.4) is 0 Å². The first-order chi connectivity index (χ1) is 4.88. The van der Waals surface area contributed by atoms with Gasteiger partial charge in [0.25, 0.3) is 0 Å². The molecule has 0 aromatic heterocycles. The van der Waals surface area contributed by atoms with Crippen LogP contribution < -0.4 is 0 Å². The van der Waals surface area contributed by atoms with Crippen LogP contribution in [0.25, 0.3) is 0 Å². The van der Waals surface area contributed by atoms with Crippen LogP contribution in [0.1, 0.15) is 23.5 Å². The molecule has 1 atom stereocenters. The second-order valence-corrected chi connectivity index (χ2v) is 2.84. The van der Waals surface area contributed by atoms with Crippen LogP contribution >= 0.6 is 0 Å². The second kappa shape index (κ2) is 2.12. The lowest BCUT2D eigenvalue weighted by molar-refractivity contribution is 0.811. The summed E-state index contributed by atoms with van der Waals surface area (Å²) in [6.45, 7) is 5.85. The molecule has 0 heterocycles. The summed E-state index contributed by atoms with van der Waals surface area (Å²) in [6, 6.07) is 8.44. The van der Waals surface area contributed by atoms with Crippen molar-refractivity contribution in [1.29, 1.82) is 0 Å². The van der Waals surface area contributed by atoms with Crippen molar-refractivity contribution in [1.82, 2.24) is 0 Å². The second-order valence-electron chi connectivity index (χ2n) is 2.84. The van der Waals surface area contributed by atoms with Crippen molar-refractivity contribution < 1.29 is 0 Å². The lowest BCUT2D eigenvalue weighted by Gasteiger charge is -2.00. The lowest BCUT2D eigenvalue weighted by atomic mass is 10.0. The Hall–Kier alpha value is -0.780. The third-order valence-corrected chi connectivity index (χ3v) is 2.18. The molecule has 0 saturated heterocycles. The van der Waals surface area contributed by atoms with Gasteiger partial charge in [0.2, 0.25) is 0 Å². The first-order valence-electron chi connectivity index (χ1n) is 3.71. The molecule has 0 amide bonds. The number of rotatable bonds is 0. The van der Waals surface area contributed by atoms with Crippen LogP contribution in [0.5, 0.6) is 0 Å². The van der Waals surface area contributed by atoms with E-state index < -0.39 is 0 Å². The van der Waals surface area contributed by atoms with E-state index in [0.717, 1.165) is 12.8 Å². The molecule has 50 valence electrons. The number of fused-ring (bicyclic) bond motifs is 1. The third kappa shape index (κ3) is 0.756. The molecule has 2 rings (SSSR count). The maximum atomic E-state index is 5.85. The van der Waals surface area contributed by atoms with Crippen molar-refractivity contribution in [3.05, 3.63) is 42.3 Å². The maximum absolute atomic E-state index is 5.85. The van der Waals surface area contributed by atoms with Crippen LogP contribution in [0, 0.1) is 6.92 Å². The monoisotopic (exact) mass is 130 g/mol. The zero-order valence-corrected chi connectivity index (χ0v) is 5.88. The summed E-state index contributed by atoms with van der Waals surface area (Å²) in [7, 11) is 0. The molecule has 1 unspecified atom stereocenters. The summed E-state index contributed by atoms with van der Waals surface area (Å²) < 4.78 is 0. The fraction of sp³-hybridized carbons (Fsp3) is 0.300. The highest BCUT2D eigenvalue weighted by Gasteiger charge is 2.16. The fourth-order valence-electron chi connectivity index (χ4n) is 1.59. The van der Waals surface area contributed by atoms with E-state index >= 15 is 0 Å². The topological polar surface area (TPSA) is 0 Å². The lowest BCUT2D eigenvalue weighted by Crippen LogP contribution is -1.84. The van der Waals surface area contributed by atoms with E-state index in [1.54, 1.807) is 0 Å². The largest absolute Gasteiger partial charge is 0.0620 e. The third-order valence-electron chi connectivity index (χ3n) is 2.18. The summed E-state index contributed by atoms with van der Waals surface area (Å²) in [5, 5.41) is 0. The molecule has 1 aromatic carbocycles. The average molecular weight is 130 g/mol. The van der Waals surface area contributed by atoms with Gasteiger partial charge in [0.1, 0.15) is 0 Å². The highest BCUT2D eigenvalue weighted by molar-refractivity contribution is 5.35. The Labute approximate surface area is 61.9 Å². The van der Waals surface area contributed by atoms with Gasteiger partial charge >= 0.3 is 0 Å². The molecule has 10 heavy (non-hydrogen) atoms. The Morgan fingerprint density at radius 3 is 2.90 bits per heavy atom. The van der Waals surface area contributed by atoms with Crippen molar-refractivity contribution >= 4 is 0 Å². The number of hydrogen-bond donors (Lipinski definition) is 0. The zero-order valence-electron chi connectivity index (χ0n) is 5.88. The van der Waals surface area contributed by atoms with Crippen LogP contribution in [0.2, 0.25) is 0 Å². The first-order valence-corrected chi connectivity index (χ1v) is 3.71. The van der Waals surface area contributed by atoms with E-state index in [2.05, 4.69) is 24.3 Å². The van der Waals surface area contributed by atoms with Crippen molar-refractivity contribution in [3.8, 4) is 0 Å². The minimum Gasteiger partial charge on any atom is -0.0620 e. The quantitative estimate of drug-likeness (QED) is 0.506. The van der Waals surface area contributed by atoms with Crippen molar-refractivity contribution in [2.75, 3.05) is 0 Å². The standard InChI is InChI=1S/C10H10/c1-8-6-7-9-4-2-3-5-10(8)9/h1-5,8H,6-7H2. The molecular formula is C10H10. The summed E-state index contributed by atoms with van der Waals surface area (Å²) in [5.41, 5.74) is 2.79. The summed E-state index contributed by atoms with van der Waals surface area (Å²) >= 11 is 0. The van der Waals surface area contributed by atoms with Crippen molar-refractivity contribution in [2.45, 2.75) is 18.8 Å². The van der Waals surface area contributed by atoms with Gasteiger partial charge in [-0.3, -0.25) is 0 Å². The minimum atomic E-state index is 0.302. The highest BCUT2D eigenvalue weighted by Crippen LogP contribution is 2.31. The van der Waals surface area contributed by atoms with Gasteiger partial charge in [0, 0.05) is 0 Å². The minimum absolute atomic E-state index is 0.302. The van der Waals surface area contributed by atoms with Crippen LogP contribution in [-0.2, 0) is 6.42 Å². The van der Waals surface area contributed by atoms with Crippen LogP contribution in [0.15, 0.2) is 24.3 Å². The molecular weight excluding hydrogens is 120 g/mol. The summed E-state index contributed by atoms with van der Waals surface area (Å²) in [5.74, 6) is 0.302. The molecule has 0 saturated carbocycles. The van der Waals surface area contributed by atoms with E-state index in [1.165, 1.54) is 11.1 Å². The number of hydrogen-bond acceptors (Lipinski definition) is 0. The SMILES string of the molecule is [CH]C1CCc2ccccc21. The van der Waals surface area contributed by atoms with Crippen molar-refractivity contribution in [2.24, 2.45) is 0 Å². The number of benzene rings is 1. The fourth-order valence-corrected chi connectivity index (χ4v) is 1.59. The van der Waals surface area contributed by atoms with Crippen molar-refractivity contribution in [3.63, 3.8) is 0 Å². The molecule has 0 nitrogen and oxygen atoms in total. The normalized spacial score (nSPS) is 22.7. The molecule has 0 aliphatic heterocycles. The van der Waals surface area contributed by atoms with Gasteiger partial charge < -0.3 is 0 Å². The molecule has 1 aliphatic rings. The molecule has 1 aliphatic carbocycles. The molecule has 0 heteroatoms. The Morgan fingerprint density at radius 1 is 1.30 bits per heavy atom. The maximum Gasteiger partial charge on any atom is -0.0122 e. The first kappa shape index (κ1) is 5.96. The van der Waals surface area contributed by atoms with E-state index in [1.807, 2.05) is 0 Å². The summed E-state index contributed by atoms with van der Waals surface area (Å²) in [4.78, 5) is 0. The molecule has 2 radical (unpaired) electrons. The van der Waals surface area contributed by atoms with Gasteiger partial charge in [0.15, 0.2) is 0 Å². The zero-order chi connectivity index (χ0) is 6.97. The van der Waals surface area contributed by atoms with Gasteiger partial charge in [0.05, 0.1) is 0 Å².